The summed E-state index contributed by atoms with van der Waals surface area (Å²) in [4.78, 5) is 0. The minimum absolute atomic E-state index is 0.505. The third kappa shape index (κ3) is 3.88. The smallest absolute Gasteiger partial charge is 0.123 e. The minimum Gasteiger partial charge on any atom is -0.488 e. The largest absolute Gasteiger partial charge is 0.488 e. The van der Waals surface area contributed by atoms with E-state index in [1.807, 2.05) is 14.0 Å². The summed E-state index contributed by atoms with van der Waals surface area (Å²) in [6, 6.07) is 8.50. The molecule has 0 saturated heterocycles. The Balaban J connectivity index is 2.10. The van der Waals surface area contributed by atoms with Gasteiger partial charge in [0.15, 0.2) is 0 Å². The molecule has 0 amide bonds. The van der Waals surface area contributed by atoms with Gasteiger partial charge in [-0.05, 0) is 50.1 Å². The molecule has 0 fully saturated rings. The number of nitrogens with one attached hydrogen (secondary N) is 1. The number of aryl methyl sites for hydroxylation is 2. The molecular formula is C18H25NO2. The maximum absolute atomic E-state index is 6.01. The second kappa shape index (κ2) is 6.81. The first-order valence-corrected chi connectivity index (χ1v) is 7.47. The summed E-state index contributed by atoms with van der Waals surface area (Å²) in [5, 5.41) is 3.09. The third-order valence-corrected chi connectivity index (χ3v) is 3.68. The fourth-order valence-electron chi connectivity index (χ4n) is 2.28. The summed E-state index contributed by atoms with van der Waals surface area (Å²) in [7, 11) is 1.91. The van der Waals surface area contributed by atoms with Gasteiger partial charge in [0.2, 0.25) is 0 Å². The monoisotopic (exact) mass is 287 g/mol. The number of hydrogen-bond acceptors (Lipinski definition) is 3. The van der Waals surface area contributed by atoms with Crippen LogP contribution in [0.25, 0.3) is 0 Å². The number of hydrogen-bond donors (Lipinski definition) is 1. The Labute approximate surface area is 127 Å². The number of ether oxygens (including phenoxy) is 1. The molecule has 1 N–H and O–H groups in total. The first-order valence-electron chi connectivity index (χ1n) is 7.47. The molecule has 2 aromatic rings. The molecule has 114 valence electrons. The Morgan fingerprint density at radius 2 is 1.95 bits per heavy atom. The van der Waals surface area contributed by atoms with Crippen molar-refractivity contribution in [1.82, 2.24) is 5.32 Å². The second-order valence-electron chi connectivity index (χ2n) is 5.79. The predicted molar refractivity (Wildman–Crippen MR) is 85.8 cm³/mol. The van der Waals surface area contributed by atoms with Crippen molar-refractivity contribution >= 4 is 0 Å². The van der Waals surface area contributed by atoms with Crippen molar-refractivity contribution in [3.63, 3.8) is 0 Å². The van der Waals surface area contributed by atoms with E-state index in [9.17, 15) is 0 Å². The molecule has 0 unspecified atom stereocenters. The first kappa shape index (κ1) is 15.6. The summed E-state index contributed by atoms with van der Waals surface area (Å²) in [5.41, 5.74) is 3.57. The van der Waals surface area contributed by atoms with Crippen LogP contribution in [0.15, 0.2) is 28.7 Å². The average molecular weight is 287 g/mol. The zero-order valence-electron chi connectivity index (χ0n) is 13.6. The van der Waals surface area contributed by atoms with Crippen molar-refractivity contribution in [1.29, 1.82) is 0 Å². The van der Waals surface area contributed by atoms with Crippen molar-refractivity contribution in [2.75, 3.05) is 7.05 Å². The lowest BCUT2D eigenvalue weighted by Gasteiger charge is -2.12. The molecule has 0 bridgehead atoms. The molecule has 0 radical (unpaired) electrons. The first-order chi connectivity index (χ1) is 10.0. The van der Waals surface area contributed by atoms with E-state index in [1.54, 1.807) is 0 Å². The lowest BCUT2D eigenvalue weighted by atomic mass is 10.0. The zero-order valence-corrected chi connectivity index (χ0v) is 13.6. The fourth-order valence-corrected chi connectivity index (χ4v) is 2.28. The normalized spacial score (nSPS) is 11.1. The van der Waals surface area contributed by atoms with Gasteiger partial charge in [-0.1, -0.05) is 26.0 Å². The number of rotatable bonds is 6. The standard InChI is InChI=1S/C18H25NO2/c1-12(2)15-7-6-13(3)18(9-15)20-11-16-8-17(10-19-5)21-14(16)4/h6-9,12,19H,10-11H2,1-5H3. The Kier molecular flexibility index (Phi) is 5.07. The van der Waals surface area contributed by atoms with Gasteiger partial charge >= 0.3 is 0 Å². The van der Waals surface area contributed by atoms with Gasteiger partial charge in [-0.15, -0.1) is 0 Å². The molecule has 0 aliphatic heterocycles. The van der Waals surface area contributed by atoms with Crippen LogP contribution in [-0.2, 0) is 13.2 Å². The van der Waals surface area contributed by atoms with Gasteiger partial charge in [0.25, 0.3) is 0 Å². The van der Waals surface area contributed by atoms with E-state index < -0.39 is 0 Å². The molecule has 2 rings (SSSR count). The van der Waals surface area contributed by atoms with Gasteiger partial charge in [0, 0.05) is 5.56 Å². The maximum Gasteiger partial charge on any atom is 0.123 e. The van der Waals surface area contributed by atoms with Gasteiger partial charge in [-0.3, -0.25) is 0 Å². The van der Waals surface area contributed by atoms with Crippen LogP contribution >= 0.6 is 0 Å². The molecule has 0 spiro atoms. The van der Waals surface area contributed by atoms with Crippen molar-refractivity contribution in [3.05, 3.63) is 52.5 Å². The van der Waals surface area contributed by atoms with Crippen molar-refractivity contribution < 1.29 is 9.15 Å². The van der Waals surface area contributed by atoms with Crippen LogP contribution in [0.3, 0.4) is 0 Å². The lowest BCUT2D eigenvalue weighted by molar-refractivity contribution is 0.300. The highest BCUT2D eigenvalue weighted by Crippen LogP contribution is 2.26. The van der Waals surface area contributed by atoms with Gasteiger partial charge < -0.3 is 14.5 Å². The molecule has 0 aliphatic carbocycles. The van der Waals surface area contributed by atoms with Gasteiger partial charge in [-0.25, -0.2) is 0 Å². The SMILES string of the molecule is CNCc1cc(COc2cc(C(C)C)ccc2C)c(C)o1. The Morgan fingerprint density at radius 3 is 2.62 bits per heavy atom. The second-order valence-corrected chi connectivity index (χ2v) is 5.79. The average Bonchev–Trinajstić information content (AvgIpc) is 2.78. The zero-order chi connectivity index (χ0) is 15.4. The van der Waals surface area contributed by atoms with Gasteiger partial charge in [0.1, 0.15) is 23.9 Å². The highest BCUT2D eigenvalue weighted by Gasteiger charge is 2.09. The molecule has 0 atom stereocenters. The molecular weight excluding hydrogens is 262 g/mol. The van der Waals surface area contributed by atoms with Crippen molar-refractivity contribution in [3.8, 4) is 5.75 Å². The quantitative estimate of drug-likeness (QED) is 0.859. The summed E-state index contributed by atoms with van der Waals surface area (Å²) < 4.78 is 11.7. The lowest BCUT2D eigenvalue weighted by Crippen LogP contribution is -2.03. The van der Waals surface area contributed by atoms with Crippen LogP contribution in [0.4, 0.5) is 0 Å². The molecule has 3 heteroatoms. The van der Waals surface area contributed by atoms with Crippen LogP contribution in [0.1, 0.15) is 48.0 Å². The highest BCUT2D eigenvalue weighted by atomic mass is 16.5. The highest BCUT2D eigenvalue weighted by molar-refractivity contribution is 5.38. The van der Waals surface area contributed by atoms with Crippen LogP contribution in [0, 0.1) is 13.8 Å². The van der Waals surface area contributed by atoms with Crippen molar-refractivity contribution in [2.24, 2.45) is 0 Å². The molecule has 1 aromatic carbocycles. The number of furan rings is 1. The maximum atomic E-state index is 6.01. The van der Waals surface area contributed by atoms with E-state index in [0.717, 1.165) is 34.9 Å². The summed E-state index contributed by atoms with van der Waals surface area (Å²) >= 11 is 0. The van der Waals surface area contributed by atoms with E-state index in [-0.39, 0.29) is 0 Å². The topological polar surface area (TPSA) is 34.4 Å². The third-order valence-electron chi connectivity index (χ3n) is 3.68. The van der Waals surface area contributed by atoms with Crippen LogP contribution in [-0.4, -0.2) is 7.05 Å². The Morgan fingerprint density at radius 1 is 1.19 bits per heavy atom. The predicted octanol–water partition coefficient (Wildman–Crippen LogP) is 4.32. The van der Waals surface area contributed by atoms with E-state index in [0.29, 0.717) is 12.5 Å². The van der Waals surface area contributed by atoms with Crippen LogP contribution in [0.5, 0.6) is 5.75 Å². The van der Waals surface area contributed by atoms with Gasteiger partial charge in [0.05, 0.1) is 6.54 Å². The molecule has 0 saturated carbocycles. The Hall–Kier alpha value is -1.74. The molecule has 0 aliphatic rings. The van der Waals surface area contributed by atoms with Gasteiger partial charge in [-0.2, -0.15) is 0 Å². The van der Waals surface area contributed by atoms with E-state index >= 15 is 0 Å². The molecule has 21 heavy (non-hydrogen) atoms. The molecule has 1 aromatic heterocycles. The Bertz CT molecular complexity index is 599. The number of benzene rings is 1. The summed E-state index contributed by atoms with van der Waals surface area (Å²) in [6.45, 7) is 9.73. The van der Waals surface area contributed by atoms with E-state index in [4.69, 9.17) is 9.15 Å². The molecule has 1 heterocycles. The fraction of sp³-hybridized carbons (Fsp3) is 0.444. The van der Waals surface area contributed by atoms with E-state index in [1.165, 1.54) is 5.56 Å². The summed E-state index contributed by atoms with van der Waals surface area (Å²) in [6.07, 6.45) is 0. The van der Waals surface area contributed by atoms with Crippen LogP contribution in [0.2, 0.25) is 0 Å². The van der Waals surface area contributed by atoms with Crippen LogP contribution < -0.4 is 10.1 Å². The minimum atomic E-state index is 0.505. The van der Waals surface area contributed by atoms with Crippen molar-refractivity contribution in [2.45, 2.75) is 46.8 Å². The van der Waals surface area contributed by atoms with E-state index in [2.05, 4.69) is 50.4 Å². The molecule has 3 nitrogen and oxygen atoms in total. The summed E-state index contributed by atoms with van der Waals surface area (Å²) in [5.74, 6) is 3.34.